The summed E-state index contributed by atoms with van der Waals surface area (Å²) in [5, 5.41) is 8.87. The molecular formula is C16H11Cl2F3N4S. The summed E-state index contributed by atoms with van der Waals surface area (Å²) in [5.74, 6) is 0.391. The molecule has 0 spiro atoms. The van der Waals surface area contributed by atoms with Crippen LogP contribution in [0.3, 0.4) is 0 Å². The van der Waals surface area contributed by atoms with Crippen molar-refractivity contribution in [2.24, 2.45) is 0 Å². The van der Waals surface area contributed by atoms with Gasteiger partial charge in [0.25, 0.3) is 0 Å². The van der Waals surface area contributed by atoms with Crippen molar-refractivity contribution in [2.45, 2.75) is 23.6 Å². The highest BCUT2D eigenvalue weighted by molar-refractivity contribution is 7.98. The second-order valence-corrected chi connectivity index (χ2v) is 6.99. The van der Waals surface area contributed by atoms with Gasteiger partial charge in [-0.25, -0.2) is 0 Å². The maximum atomic E-state index is 13.0. The van der Waals surface area contributed by atoms with Gasteiger partial charge in [0.1, 0.15) is 6.54 Å². The topological polar surface area (TPSA) is 43.6 Å². The molecule has 2 aromatic heterocycles. The number of rotatable bonds is 5. The van der Waals surface area contributed by atoms with Gasteiger partial charge in [-0.05, 0) is 29.8 Å². The Hall–Kier alpha value is -1.77. The van der Waals surface area contributed by atoms with Gasteiger partial charge in [-0.3, -0.25) is 9.55 Å². The minimum Gasteiger partial charge on any atom is -0.293 e. The summed E-state index contributed by atoms with van der Waals surface area (Å²) in [6.07, 6.45) is -1.45. The Morgan fingerprint density at radius 1 is 1.00 bits per heavy atom. The van der Waals surface area contributed by atoms with Crippen LogP contribution in [0.4, 0.5) is 13.2 Å². The molecule has 0 aliphatic heterocycles. The van der Waals surface area contributed by atoms with Crippen molar-refractivity contribution in [3.8, 4) is 11.4 Å². The summed E-state index contributed by atoms with van der Waals surface area (Å²) < 4.78 is 40.2. The molecule has 1 aromatic carbocycles. The van der Waals surface area contributed by atoms with Crippen LogP contribution in [0.25, 0.3) is 11.4 Å². The summed E-state index contributed by atoms with van der Waals surface area (Å²) in [4.78, 5) is 3.86. The standard InChI is InChI=1S/C16H11Cl2F3N4S/c17-12-2-1-3-13(18)11(12)8-26-15-24-23-14(10-4-6-22-7-5-10)25(15)9-16(19,20)21/h1-7H,8-9H2. The second-order valence-electron chi connectivity index (χ2n) is 5.23. The molecule has 0 saturated heterocycles. The van der Waals surface area contributed by atoms with Crippen LogP contribution in [0.15, 0.2) is 47.9 Å². The predicted octanol–water partition coefficient (Wildman–Crippen LogP) is 5.50. The van der Waals surface area contributed by atoms with Crippen LogP contribution >= 0.6 is 35.0 Å². The molecule has 0 aliphatic carbocycles. The lowest BCUT2D eigenvalue weighted by Crippen LogP contribution is -2.19. The van der Waals surface area contributed by atoms with Gasteiger partial charge in [0.15, 0.2) is 11.0 Å². The van der Waals surface area contributed by atoms with Gasteiger partial charge >= 0.3 is 6.18 Å². The van der Waals surface area contributed by atoms with Gasteiger partial charge in [0.05, 0.1) is 0 Å². The van der Waals surface area contributed by atoms with Crippen molar-refractivity contribution in [1.29, 1.82) is 0 Å². The van der Waals surface area contributed by atoms with Crippen molar-refractivity contribution in [1.82, 2.24) is 19.7 Å². The molecule has 0 bridgehead atoms. The van der Waals surface area contributed by atoms with E-state index in [9.17, 15) is 13.2 Å². The van der Waals surface area contributed by atoms with E-state index in [0.717, 1.165) is 16.3 Å². The highest BCUT2D eigenvalue weighted by atomic mass is 35.5. The smallest absolute Gasteiger partial charge is 0.293 e. The quantitative estimate of drug-likeness (QED) is 0.513. The van der Waals surface area contributed by atoms with Crippen molar-refractivity contribution in [3.05, 3.63) is 58.3 Å². The normalized spacial score (nSPS) is 11.7. The number of nitrogens with zero attached hydrogens (tertiary/aromatic N) is 4. The Balaban J connectivity index is 1.93. The van der Waals surface area contributed by atoms with Crippen molar-refractivity contribution >= 4 is 35.0 Å². The number of pyridine rings is 1. The molecule has 0 N–H and O–H groups in total. The maximum absolute atomic E-state index is 13.0. The Morgan fingerprint density at radius 3 is 2.27 bits per heavy atom. The number of benzene rings is 1. The van der Waals surface area contributed by atoms with Crippen LogP contribution in [0, 0.1) is 0 Å². The molecule has 136 valence electrons. The van der Waals surface area contributed by atoms with Gasteiger partial charge in [-0.1, -0.05) is 41.0 Å². The molecule has 3 aromatic rings. The van der Waals surface area contributed by atoms with Gasteiger partial charge in [-0.15, -0.1) is 10.2 Å². The van der Waals surface area contributed by atoms with Crippen LogP contribution in [-0.4, -0.2) is 25.9 Å². The summed E-state index contributed by atoms with van der Waals surface area (Å²) in [5.41, 5.74) is 1.13. The number of thioether (sulfide) groups is 1. The lowest BCUT2D eigenvalue weighted by Gasteiger charge is -2.13. The van der Waals surface area contributed by atoms with Crippen LogP contribution in [0.2, 0.25) is 10.0 Å². The summed E-state index contributed by atoms with van der Waals surface area (Å²) >= 11 is 13.3. The zero-order valence-electron chi connectivity index (χ0n) is 13.0. The molecule has 0 amide bonds. The lowest BCUT2D eigenvalue weighted by molar-refractivity contribution is -0.141. The number of hydrogen-bond acceptors (Lipinski definition) is 4. The van der Waals surface area contributed by atoms with E-state index in [1.54, 1.807) is 30.3 Å². The minimum absolute atomic E-state index is 0.123. The first-order valence-corrected chi connectivity index (χ1v) is 9.05. The monoisotopic (exact) mass is 418 g/mol. The van der Waals surface area contributed by atoms with E-state index in [2.05, 4.69) is 15.2 Å². The van der Waals surface area contributed by atoms with Crippen LogP contribution in [0.1, 0.15) is 5.56 Å². The summed E-state index contributed by atoms with van der Waals surface area (Å²) in [7, 11) is 0. The highest BCUT2D eigenvalue weighted by Crippen LogP contribution is 2.33. The third kappa shape index (κ3) is 4.49. The molecule has 0 fully saturated rings. The average Bonchev–Trinajstić information content (AvgIpc) is 2.96. The Labute approximate surface area is 161 Å². The van der Waals surface area contributed by atoms with Crippen molar-refractivity contribution in [2.75, 3.05) is 0 Å². The highest BCUT2D eigenvalue weighted by Gasteiger charge is 2.31. The fraction of sp³-hybridized carbons (Fsp3) is 0.188. The molecule has 4 nitrogen and oxygen atoms in total. The summed E-state index contributed by atoms with van der Waals surface area (Å²) in [6.45, 7) is -1.20. The van der Waals surface area contributed by atoms with E-state index in [0.29, 0.717) is 21.2 Å². The fourth-order valence-electron chi connectivity index (χ4n) is 2.24. The first kappa shape index (κ1) is 19.0. The zero-order valence-corrected chi connectivity index (χ0v) is 15.4. The molecule has 0 atom stereocenters. The third-order valence-corrected chi connectivity index (χ3v) is 5.10. The predicted molar refractivity (Wildman–Crippen MR) is 95.3 cm³/mol. The molecule has 0 radical (unpaired) electrons. The Morgan fingerprint density at radius 2 is 1.65 bits per heavy atom. The van der Waals surface area contributed by atoms with E-state index in [4.69, 9.17) is 23.2 Å². The first-order valence-electron chi connectivity index (χ1n) is 7.31. The molecular weight excluding hydrogens is 408 g/mol. The molecule has 10 heteroatoms. The Bertz CT molecular complexity index is 880. The average molecular weight is 419 g/mol. The molecule has 0 aliphatic rings. The van der Waals surface area contributed by atoms with Gasteiger partial charge < -0.3 is 0 Å². The van der Waals surface area contributed by atoms with Crippen LogP contribution in [-0.2, 0) is 12.3 Å². The third-order valence-electron chi connectivity index (χ3n) is 3.40. The lowest BCUT2D eigenvalue weighted by atomic mass is 10.2. The molecule has 26 heavy (non-hydrogen) atoms. The largest absolute Gasteiger partial charge is 0.406 e. The molecule has 0 saturated carbocycles. The van der Waals surface area contributed by atoms with E-state index in [1.807, 2.05) is 0 Å². The van der Waals surface area contributed by atoms with Crippen LogP contribution < -0.4 is 0 Å². The molecule has 3 rings (SSSR count). The fourth-order valence-corrected chi connectivity index (χ4v) is 3.92. The zero-order chi connectivity index (χ0) is 18.7. The molecule has 0 unspecified atom stereocenters. The van der Waals surface area contributed by atoms with E-state index >= 15 is 0 Å². The minimum atomic E-state index is -4.42. The molecule has 2 heterocycles. The van der Waals surface area contributed by atoms with E-state index in [-0.39, 0.29) is 16.7 Å². The Kier molecular flexibility index (Phi) is 5.74. The van der Waals surface area contributed by atoms with Gasteiger partial charge in [-0.2, -0.15) is 13.2 Å². The van der Waals surface area contributed by atoms with E-state index in [1.165, 1.54) is 12.4 Å². The number of aromatic nitrogens is 4. The summed E-state index contributed by atoms with van der Waals surface area (Å²) in [6, 6.07) is 8.21. The first-order chi connectivity index (χ1) is 12.3. The SMILES string of the molecule is FC(F)(F)Cn1c(SCc2c(Cl)cccc2Cl)nnc1-c1ccncc1. The number of halogens is 5. The van der Waals surface area contributed by atoms with Crippen molar-refractivity contribution in [3.63, 3.8) is 0 Å². The number of alkyl halides is 3. The van der Waals surface area contributed by atoms with Crippen LogP contribution in [0.5, 0.6) is 0 Å². The second kappa shape index (κ2) is 7.85. The maximum Gasteiger partial charge on any atom is 0.406 e. The number of hydrogen-bond donors (Lipinski definition) is 0. The van der Waals surface area contributed by atoms with Gasteiger partial charge in [0, 0.05) is 33.8 Å². The van der Waals surface area contributed by atoms with Crippen molar-refractivity contribution < 1.29 is 13.2 Å². The van der Waals surface area contributed by atoms with Gasteiger partial charge in [0.2, 0.25) is 0 Å². The van der Waals surface area contributed by atoms with E-state index < -0.39 is 12.7 Å².